The highest BCUT2D eigenvalue weighted by Crippen LogP contribution is 2.19. The third-order valence-electron chi connectivity index (χ3n) is 2.98. The fraction of sp³-hybridized carbons (Fsp3) is 0.133. The number of amides is 1. The van der Waals surface area contributed by atoms with Gasteiger partial charge in [-0.2, -0.15) is 0 Å². The average Bonchev–Trinajstić information content (AvgIpc) is 2.46. The van der Waals surface area contributed by atoms with Gasteiger partial charge in [0.2, 0.25) is 0 Å². The van der Waals surface area contributed by atoms with Crippen molar-refractivity contribution < 1.29 is 23.1 Å². The van der Waals surface area contributed by atoms with Gasteiger partial charge in [-0.15, -0.1) is 0 Å². The van der Waals surface area contributed by atoms with Gasteiger partial charge in [-0.3, -0.25) is 4.79 Å². The summed E-state index contributed by atoms with van der Waals surface area (Å²) in [5, 5.41) is 11.5. The van der Waals surface area contributed by atoms with E-state index >= 15 is 0 Å². The van der Waals surface area contributed by atoms with Crippen molar-refractivity contribution in [2.45, 2.75) is 13.5 Å². The predicted molar refractivity (Wildman–Crippen MR) is 71.4 cm³/mol. The summed E-state index contributed by atoms with van der Waals surface area (Å²) in [4.78, 5) is 12.0. The molecule has 0 bridgehead atoms. The molecule has 21 heavy (non-hydrogen) atoms. The summed E-state index contributed by atoms with van der Waals surface area (Å²) in [6, 6.07) is 6.16. The van der Waals surface area contributed by atoms with Crippen molar-refractivity contribution in [3.05, 3.63) is 64.5 Å². The maximum Gasteiger partial charge on any atom is 0.255 e. The minimum absolute atomic E-state index is 0.205. The van der Waals surface area contributed by atoms with Gasteiger partial charge in [-0.25, -0.2) is 13.2 Å². The van der Waals surface area contributed by atoms with Crippen LogP contribution in [0.2, 0.25) is 0 Å². The summed E-state index contributed by atoms with van der Waals surface area (Å²) in [5.74, 6) is -5.25. The number of nitrogens with one attached hydrogen (secondary N) is 1. The lowest BCUT2D eigenvalue weighted by molar-refractivity contribution is 0.102. The van der Waals surface area contributed by atoms with Crippen LogP contribution in [-0.4, -0.2) is 11.0 Å². The number of hydrogen-bond donors (Lipinski definition) is 2. The molecule has 6 heteroatoms. The molecule has 0 saturated heterocycles. The summed E-state index contributed by atoms with van der Waals surface area (Å²) in [7, 11) is 0. The number of hydrogen-bond acceptors (Lipinski definition) is 2. The predicted octanol–water partition coefficient (Wildman–Crippen LogP) is 3.16. The van der Waals surface area contributed by atoms with Crippen molar-refractivity contribution in [1.29, 1.82) is 0 Å². The molecule has 0 saturated carbocycles. The van der Waals surface area contributed by atoms with Gasteiger partial charge in [-0.1, -0.05) is 12.1 Å². The van der Waals surface area contributed by atoms with Gasteiger partial charge < -0.3 is 10.4 Å². The zero-order valence-corrected chi connectivity index (χ0v) is 11.1. The molecule has 0 aliphatic rings. The van der Waals surface area contributed by atoms with E-state index in [1.807, 2.05) is 0 Å². The molecule has 0 aliphatic carbocycles. The first-order valence-corrected chi connectivity index (χ1v) is 6.08. The summed E-state index contributed by atoms with van der Waals surface area (Å²) in [6.07, 6.45) is 0. The Bertz CT molecular complexity index is 678. The zero-order valence-electron chi connectivity index (χ0n) is 11.1. The number of rotatable bonds is 3. The van der Waals surface area contributed by atoms with E-state index in [0.717, 1.165) is 0 Å². The molecule has 0 spiro atoms. The lowest BCUT2D eigenvalue weighted by atomic mass is 10.1. The maximum absolute atomic E-state index is 13.1. The summed E-state index contributed by atoms with van der Waals surface area (Å²) in [5.41, 5.74) is 1.35. The first kappa shape index (κ1) is 15.1. The monoisotopic (exact) mass is 295 g/mol. The van der Waals surface area contributed by atoms with Crippen LogP contribution >= 0.6 is 0 Å². The third-order valence-corrected chi connectivity index (χ3v) is 2.98. The number of carbonyl (C=O) groups is 1. The molecule has 0 radical (unpaired) electrons. The van der Waals surface area contributed by atoms with Crippen molar-refractivity contribution in [3.8, 4) is 0 Å². The highest BCUT2D eigenvalue weighted by atomic mass is 19.2. The van der Waals surface area contributed by atoms with Gasteiger partial charge in [0.05, 0.1) is 6.61 Å². The third kappa shape index (κ3) is 3.22. The second-order valence-corrected chi connectivity index (χ2v) is 4.52. The zero-order chi connectivity index (χ0) is 15.6. The van der Waals surface area contributed by atoms with Crippen LogP contribution in [0.4, 0.5) is 18.9 Å². The minimum Gasteiger partial charge on any atom is -0.392 e. The largest absolute Gasteiger partial charge is 0.392 e. The normalized spacial score (nSPS) is 10.5. The van der Waals surface area contributed by atoms with Crippen molar-refractivity contribution in [2.75, 3.05) is 5.32 Å². The molecule has 3 nitrogen and oxygen atoms in total. The van der Waals surface area contributed by atoms with Crippen LogP contribution in [0.25, 0.3) is 0 Å². The molecule has 2 aromatic carbocycles. The van der Waals surface area contributed by atoms with Gasteiger partial charge in [0, 0.05) is 11.3 Å². The van der Waals surface area contributed by atoms with Crippen LogP contribution in [-0.2, 0) is 6.61 Å². The number of carbonyl (C=O) groups excluding carboxylic acids is 1. The Balaban J connectivity index is 2.30. The molecule has 0 unspecified atom stereocenters. The lowest BCUT2D eigenvalue weighted by Crippen LogP contribution is -2.14. The fourth-order valence-electron chi connectivity index (χ4n) is 1.78. The molecule has 2 N–H and O–H groups in total. The van der Waals surface area contributed by atoms with Crippen LogP contribution in [0.5, 0.6) is 0 Å². The molecule has 0 aliphatic heterocycles. The second kappa shape index (κ2) is 5.97. The second-order valence-electron chi connectivity index (χ2n) is 4.52. The molecule has 0 aromatic heterocycles. The topological polar surface area (TPSA) is 49.3 Å². The minimum atomic E-state index is -1.62. The Labute approximate surface area is 119 Å². The van der Waals surface area contributed by atoms with Crippen molar-refractivity contribution in [2.24, 2.45) is 0 Å². The van der Waals surface area contributed by atoms with Gasteiger partial charge in [0.25, 0.3) is 5.91 Å². The fourth-order valence-corrected chi connectivity index (χ4v) is 1.78. The number of halogens is 3. The quantitative estimate of drug-likeness (QED) is 0.855. The maximum atomic E-state index is 13.1. The molecule has 0 atom stereocenters. The van der Waals surface area contributed by atoms with Crippen LogP contribution in [0.3, 0.4) is 0 Å². The molecular weight excluding hydrogens is 283 g/mol. The van der Waals surface area contributed by atoms with Crippen molar-refractivity contribution in [1.82, 2.24) is 0 Å². The van der Waals surface area contributed by atoms with Crippen molar-refractivity contribution in [3.63, 3.8) is 0 Å². The molecule has 0 heterocycles. The van der Waals surface area contributed by atoms with E-state index in [1.54, 1.807) is 25.1 Å². The van der Waals surface area contributed by atoms with Crippen molar-refractivity contribution >= 4 is 11.6 Å². The highest BCUT2D eigenvalue weighted by Gasteiger charge is 2.15. The van der Waals surface area contributed by atoms with Crippen LogP contribution in [0.15, 0.2) is 30.3 Å². The Morgan fingerprint density at radius 2 is 1.76 bits per heavy atom. The number of benzene rings is 2. The van der Waals surface area contributed by atoms with E-state index < -0.39 is 23.4 Å². The van der Waals surface area contributed by atoms with Gasteiger partial charge in [-0.05, 0) is 36.2 Å². The Kier molecular flexibility index (Phi) is 4.28. The lowest BCUT2D eigenvalue weighted by Gasteiger charge is -2.10. The van der Waals surface area contributed by atoms with Gasteiger partial charge >= 0.3 is 0 Å². The number of aliphatic hydroxyl groups is 1. The number of aryl methyl sites for hydroxylation is 1. The smallest absolute Gasteiger partial charge is 0.255 e. The summed E-state index contributed by atoms with van der Waals surface area (Å²) in [6.45, 7) is 1.52. The SMILES string of the molecule is Cc1ccc(CO)cc1NC(=O)c1cc(F)c(F)c(F)c1. The van der Waals surface area contributed by atoms with E-state index in [4.69, 9.17) is 5.11 Å². The van der Waals surface area contributed by atoms with Gasteiger partial charge in [0.15, 0.2) is 17.5 Å². The van der Waals surface area contributed by atoms with E-state index in [9.17, 15) is 18.0 Å². The first-order chi connectivity index (χ1) is 9.92. The summed E-state index contributed by atoms with van der Waals surface area (Å²) >= 11 is 0. The first-order valence-electron chi connectivity index (χ1n) is 6.08. The highest BCUT2D eigenvalue weighted by molar-refractivity contribution is 6.04. The molecule has 110 valence electrons. The van der Waals surface area contributed by atoms with E-state index in [1.165, 1.54) is 0 Å². The standard InChI is InChI=1S/C15H12F3NO2/c1-8-2-3-9(7-20)4-13(8)19-15(21)10-5-11(16)14(18)12(17)6-10/h2-6,20H,7H2,1H3,(H,19,21). The van der Waals surface area contributed by atoms with Crippen LogP contribution in [0.1, 0.15) is 21.5 Å². The molecule has 2 rings (SSSR count). The van der Waals surface area contributed by atoms with E-state index in [0.29, 0.717) is 28.9 Å². The Morgan fingerprint density at radius 3 is 2.33 bits per heavy atom. The van der Waals surface area contributed by atoms with E-state index in [-0.39, 0.29) is 12.2 Å². The summed E-state index contributed by atoms with van der Waals surface area (Å²) < 4.78 is 39.1. The number of aliphatic hydroxyl groups excluding tert-OH is 1. The molecule has 0 fully saturated rings. The molecule has 2 aromatic rings. The average molecular weight is 295 g/mol. The number of anilines is 1. The van der Waals surface area contributed by atoms with Gasteiger partial charge in [0.1, 0.15) is 0 Å². The van der Waals surface area contributed by atoms with Crippen LogP contribution < -0.4 is 5.32 Å². The molecular formula is C15H12F3NO2. The van der Waals surface area contributed by atoms with E-state index in [2.05, 4.69) is 5.32 Å². The van der Waals surface area contributed by atoms with Crippen LogP contribution in [0, 0.1) is 24.4 Å². The Hall–Kier alpha value is -2.34. The molecule has 1 amide bonds. The Morgan fingerprint density at radius 1 is 1.14 bits per heavy atom.